The number of rotatable bonds is 3. The van der Waals surface area contributed by atoms with Gasteiger partial charge in [-0.3, -0.25) is 4.98 Å². The fraction of sp³-hybridized carbons (Fsp3) is 0.450. The standard InChI is InChI=1S/C20H30N6O2/c1-12-4-3-7-28-20(18(23)14(21)8-12)25-16-9-24-6-5-17(16)26-10-13(2)19(27)15(22)11-26/h3-6,8-9,13,15,18-20,25,27H,1,7,10-11,21-23H2,2H3/b4-3-,14-8?/t13-,15+,18?,19+,20?/m0/s1. The molecule has 0 amide bonds. The summed E-state index contributed by atoms with van der Waals surface area (Å²) in [5, 5.41) is 13.5. The average molecular weight is 387 g/mol. The van der Waals surface area contributed by atoms with Crippen molar-refractivity contribution in [1.82, 2.24) is 4.98 Å². The molecule has 0 aromatic carbocycles. The summed E-state index contributed by atoms with van der Waals surface area (Å²) in [6, 6.07) is 1.04. The number of piperidine rings is 1. The quantitative estimate of drug-likeness (QED) is 0.500. The molecule has 5 atom stereocenters. The van der Waals surface area contributed by atoms with E-state index in [0.29, 0.717) is 25.4 Å². The molecule has 0 radical (unpaired) electrons. The first-order chi connectivity index (χ1) is 13.4. The highest BCUT2D eigenvalue weighted by atomic mass is 16.5. The Morgan fingerprint density at radius 1 is 1.36 bits per heavy atom. The van der Waals surface area contributed by atoms with E-state index in [1.165, 1.54) is 0 Å². The lowest BCUT2D eigenvalue weighted by molar-refractivity contribution is 0.0781. The minimum Gasteiger partial charge on any atom is -0.401 e. The largest absolute Gasteiger partial charge is 0.401 e. The third kappa shape index (κ3) is 4.53. The summed E-state index contributed by atoms with van der Waals surface area (Å²) in [6.45, 7) is 7.53. The molecule has 2 aliphatic heterocycles. The molecule has 1 aromatic heterocycles. The van der Waals surface area contributed by atoms with Gasteiger partial charge in [0.25, 0.3) is 0 Å². The Kier molecular flexibility index (Phi) is 6.35. The number of pyridine rings is 1. The Morgan fingerprint density at radius 3 is 2.89 bits per heavy atom. The van der Waals surface area contributed by atoms with E-state index in [1.54, 1.807) is 18.5 Å². The highest BCUT2D eigenvalue weighted by Gasteiger charge is 2.32. The van der Waals surface area contributed by atoms with Gasteiger partial charge in [-0.25, -0.2) is 0 Å². The van der Waals surface area contributed by atoms with Crippen LogP contribution in [0.4, 0.5) is 11.4 Å². The van der Waals surface area contributed by atoms with Crippen LogP contribution in [0.3, 0.4) is 0 Å². The summed E-state index contributed by atoms with van der Waals surface area (Å²) in [5.41, 5.74) is 21.5. The summed E-state index contributed by atoms with van der Waals surface area (Å²) >= 11 is 0. The number of nitrogens with two attached hydrogens (primary N) is 3. The Hall–Kier alpha value is -2.39. The number of aromatic nitrogens is 1. The zero-order chi connectivity index (χ0) is 20.3. The minimum absolute atomic E-state index is 0.0582. The monoisotopic (exact) mass is 386 g/mol. The van der Waals surface area contributed by atoms with Gasteiger partial charge in [-0.2, -0.15) is 0 Å². The first-order valence-electron chi connectivity index (χ1n) is 9.45. The van der Waals surface area contributed by atoms with Crippen LogP contribution in [0.25, 0.3) is 0 Å². The number of nitrogens with one attached hydrogen (secondary N) is 1. The van der Waals surface area contributed by atoms with Crippen molar-refractivity contribution in [2.24, 2.45) is 23.1 Å². The summed E-state index contributed by atoms with van der Waals surface area (Å²) in [5.74, 6) is 0.0582. The molecule has 1 aromatic rings. The zero-order valence-electron chi connectivity index (χ0n) is 16.2. The molecule has 3 rings (SSSR count). The number of nitrogens with zero attached hydrogens (tertiary/aromatic N) is 2. The maximum absolute atomic E-state index is 10.2. The van der Waals surface area contributed by atoms with Gasteiger partial charge in [0.05, 0.1) is 36.3 Å². The van der Waals surface area contributed by atoms with Gasteiger partial charge in [0.1, 0.15) is 6.23 Å². The van der Waals surface area contributed by atoms with Crippen molar-refractivity contribution < 1.29 is 9.84 Å². The summed E-state index contributed by atoms with van der Waals surface area (Å²) in [6.07, 6.45) is 7.87. The molecule has 152 valence electrons. The molecule has 8 N–H and O–H groups in total. The van der Waals surface area contributed by atoms with Crippen LogP contribution < -0.4 is 27.4 Å². The van der Waals surface area contributed by atoms with E-state index in [0.717, 1.165) is 16.9 Å². The summed E-state index contributed by atoms with van der Waals surface area (Å²) in [4.78, 5) is 6.38. The predicted molar refractivity (Wildman–Crippen MR) is 111 cm³/mol. The van der Waals surface area contributed by atoms with Crippen LogP contribution in [-0.4, -0.2) is 54.2 Å². The Labute approximate surface area is 165 Å². The normalized spacial score (nSPS) is 32.7. The third-order valence-electron chi connectivity index (χ3n) is 5.16. The molecule has 0 spiro atoms. The average Bonchev–Trinajstić information content (AvgIpc) is 2.72. The molecule has 28 heavy (non-hydrogen) atoms. The van der Waals surface area contributed by atoms with E-state index in [2.05, 4.69) is 21.8 Å². The van der Waals surface area contributed by atoms with E-state index in [-0.39, 0.29) is 12.0 Å². The summed E-state index contributed by atoms with van der Waals surface area (Å²) in [7, 11) is 0. The first-order valence-corrected chi connectivity index (χ1v) is 9.45. The van der Waals surface area contributed by atoms with Crippen molar-refractivity contribution in [2.75, 3.05) is 29.9 Å². The van der Waals surface area contributed by atoms with Crippen molar-refractivity contribution >= 4 is 11.4 Å². The maximum atomic E-state index is 10.2. The number of anilines is 2. The second-order valence-corrected chi connectivity index (χ2v) is 7.48. The molecule has 2 aliphatic rings. The van der Waals surface area contributed by atoms with E-state index in [9.17, 15) is 5.11 Å². The van der Waals surface area contributed by atoms with E-state index < -0.39 is 18.4 Å². The van der Waals surface area contributed by atoms with Gasteiger partial charge < -0.3 is 37.3 Å². The fourth-order valence-corrected chi connectivity index (χ4v) is 3.57. The SMILES string of the molecule is C=C1C=C(N)C(N)C(Nc2cnccc2N2C[C@@H](N)[C@H](O)[C@@H](C)C2)OC/C=C\1. The van der Waals surface area contributed by atoms with Crippen LogP contribution in [0.15, 0.2) is 54.5 Å². The molecule has 0 aliphatic carbocycles. The number of aliphatic hydroxyl groups is 1. The fourth-order valence-electron chi connectivity index (χ4n) is 3.57. The van der Waals surface area contributed by atoms with Crippen molar-refractivity contribution in [2.45, 2.75) is 31.3 Å². The maximum Gasteiger partial charge on any atom is 0.149 e. The van der Waals surface area contributed by atoms with Gasteiger partial charge in [-0.1, -0.05) is 25.7 Å². The van der Waals surface area contributed by atoms with Gasteiger partial charge in [0.2, 0.25) is 0 Å². The molecule has 1 saturated heterocycles. The number of hydrogen-bond donors (Lipinski definition) is 5. The lowest BCUT2D eigenvalue weighted by Gasteiger charge is -2.40. The summed E-state index contributed by atoms with van der Waals surface area (Å²) < 4.78 is 5.90. The van der Waals surface area contributed by atoms with Crippen LogP contribution in [0.1, 0.15) is 6.92 Å². The third-order valence-corrected chi connectivity index (χ3v) is 5.16. The molecule has 8 heteroatoms. The van der Waals surface area contributed by atoms with Gasteiger partial charge in [0, 0.05) is 36.9 Å². The highest BCUT2D eigenvalue weighted by Crippen LogP contribution is 2.30. The van der Waals surface area contributed by atoms with Crippen molar-refractivity contribution in [3.63, 3.8) is 0 Å². The Bertz CT molecular complexity index is 753. The lowest BCUT2D eigenvalue weighted by Crippen LogP contribution is -2.55. The highest BCUT2D eigenvalue weighted by molar-refractivity contribution is 5.69. The zero-order valence-corrected chi connectivity index (χ0v) is 16.2. The van der Waals surface area contributed by atoms with E-state index in [1.807, 2.05) is 25.1 Å². The van der Waals surface area contributed by atoms with Gasteiger partial charge >= 0.3 is 0 Å². The van der Waals surface area contributed by atoms with Gasteiger partial charge in [0.15, 0.2) is 0 Å². The number of allylic oxidation sites excluding steroid dienone is 3. The molecule has 1 fully saturated rings. The van der Waals surface area contributed by atoms with E-state index in [4.69, 9.17) is 21.9 Å². The minimum atomic E-state index is -0.561. The van der Waals surface area contributed by atoms with Crippen molar-refractivity contribution in [3.8, 4) is 0 Å². The molecular weight excluding hydrogens is 356 g/mol. The molecule has 0 bridgehead atoms. The Morgan fingerprint density at radius 2 is 2.14 bits per heavy atom. The van der Waals surface area contributed by atoms with Crippen molar-refractivity contribution in [3.05, 3.63) is 54.5 Å². The molecule has 3 heterocycles. The second kappa shape index (κ2) is 8.74. The predicted octanol–water partition coefficient (Wildman–Crippen LogP) is 0.276. The van der Waals surface area contributed by atoms with Crippen molar-refractivity contribution in [1.29, 1.82) is 0 Å². The molecule has 8 nitrogen and oxygen atoms in total. The lowest BCUT2D eigenvalue weighted by atomic mass is 9.92. The van der Waals surface area contributed by atoms with Crippen LogP contribution in [-0.2, 0) is 4.74 Å². The van der Waals surface area contributed by atoms with Gasteiger partial charge in [-0.05, 0) is 17.7 Å². The molecular formula is C20H30N6O2. The van der Waals surface area contributed by atoms with Crippen LogP contribution >= 0.6 is 0 Å². The second-order valence-electron chi connectivity index (χ2n) is 7.48. The Balaban J connectivity index is 1.83. The van der Waals surface area contributed by atoms with Gasteiger partial charge in [-0.15, -0.1) is 0 Å². The molecule has 0 saturated carbocycles. The van der Waals surface area contributed by atoms with E-state index >= 15 is 0 Å². The van der Waals surface area contributed by atoms with Crippen LogP contribution in [0, 0.1) is 5.92 Å². The number of ether oxygens (including phenoxy) is 1. The topological polar surface area (TPSA) is 136 Å². The molecule has 2 unspecified atom stereocenters. The van der Waals surface area contributed by atoms with Crippen LogP contribution in [0.5, 0.6) is 0 Å². The number of aliphatic hydroxyl groups excluding tert-OH is 1. The first kappa shape index (κ1) is 20.3. The smallest absolute Gasteiger partial charge is 0.149 e. The number of hydrogen-bond acceptors (Lipinski definition) is 8. The van der Waals surface area contributed by atoms with Crippen LogP contribution in [0.2, 0.25) is 0 Å².